The second kappa shape index (κ2) is 9.52. The first-order valence-electron chi connectivity index (χ1n) is 7.79. The van der Waals surface area contributed by atoms with Crippen LogP contribution in [0, 0.1) is 11.2 Å². The number of anilines is 1. The maximum atomic E-state index is 13.4. The Kier molecular flexibility index (Phi) is 7.38. The first-order valence-corrected chi connectivity index (χ1v) is 8.58. The minimum atomic E-state index is -0.685. The van der Waals surface area contributed by atoms with Gasteiger partial charge in [0.05, 0.1) is 4.47 Å². The minimum absolute atomic E-state index is 0.212. The van der Waals surface area contributed by atoms with Crippen LogP contribution in [0.25, 0.3) is 0 Å². The summed E-state index contributed by atoms with van der Waals surface area (Å²) in [5.41, 5.74) is 2.77. The molecule has 7 N–H and O–H groups in total. The molecule has 1 aliphatic heterocycles. The molecule has 0 saturated carbocycles. The van der Waals surface area contributed by atoms with Crippen LogP contribution in [-0.4, -0.2) is 61.5 Å². The summed E-state index contributed by atoms with van der Waals surface area (Å²) in [6.07, 6.45) is -0.685. The summed E-state index contributed by atoms with van der Waals surface area (Å²) in [7, 11) is 3.32. The molecule has 1 aliphatic rings. The highest BCUT2D eigenvalue weighted by Gasteiger charge is 2.36. The quantitative estimate of drug-likeness (QED) is 0.107. The molecule has 2 atom stereocenters. The number of likely N-dealkylation sites (N-methyl/N-ethyl adjacent to an activating group) is 1. The van der Waals surface area contributed by atoms with Crippen LogP contribution in [0.15, 0.2) is 27.8 Å². The monoisotopic (exact) mass is 432 g/mol. The molecule has 144 valence electrons. The van der Waals surface area contributed by atoms with Gasteiger partial charge in [0, 0.05) is 32.9 Å². The van der Waals surface area contributed by atoms with Crippen molar-refractivity contribution in [2.75, 3.05) is 32.5 Å². The number of benzene rings is 1. The van der Waals surface area contributed by atoms with Gasteiger partial charge in [-0.05, 0) is 39.3 Å². The number of nitrogens with one attached hydrogen (secondary N) is 6. The fraction of sp³-hybridized carbons (Fsp3) is 0.429. The van der Waals surface area contributed by atoms with E-state index in [1.807, 2.05) is 0 Å². The Balaban J connectivity index is 1.98. The molecule has 2 rings (SSSR count). The van der Waals surface area contributed by atoms with Crippen molar-refractivity contribution < 1.29 is 14.5 Å². The standard InChI is InChI=1S/C14H22BrFN8O2/c1-18-14(17)20-6-5-19-12-11(24(2)26-23-12)13(22-25)21-8-3-4-10(16)9(15)7-8/h3-4,7,11,13,21-22,25H,5-6H2,1-2H3,(H,19,23)(H3,17,18,20). The van der Waals surface area contributed by atoms with Crippen molar-refractivity contribution in [1.82, 2.24) is 26.5 Å². The van der Waals surface area contributed by atoms with Gasteiger partial charge in [0.1, 0.15) is 18.0 Å². The third-order valence-corrected chi connectivity index (χ3v) is 4.23. The molecule has 0 aliphatic carbocycles. The van der Waals surface area contributed by atoms with E-state index >= 15 is 0 Å². The van der Waals surface area contributed by atoms with Gasteiger partial charge in [-0.3, -0.25) is 10.3 Å². The van der Waals surface area contributed by atoms with Gasteiger partial charge in [0.2, 0.25) is 0 Å². The lowest BCUT2D eigenvalue weighted by Gasteiger charge is -2.28. The topological polar surface area (TPSA) is 129 Å². The molecule has 0 spiro atoms. The van der Waals surface area contributed by atoms with Crippen LogP contribution in [0.5, 0.6) is 0 Å². The Hall–Kier alpha value is -2.15. The fourth-order valence-electron chi connectivity index (χ4n) is 2.30. The number of hydrogen-bond donors (Lipinski definition) is 7. The van der Waals surface area contributed by atoms with E-state index in [9.17, 15) is 9.60 Å². The van der Waals surface area contributed by atoms with E-state index in [0.717, 1.165) is 0 Å². The van der Waals surface area contributed by atoms with E-state index < -0.39 is 12.2 Å². The van der Waals surface area contributed by atoms with E-state index in [0.29, 0.717) is 29.1 Å². The number of guanidine groups is 1. The summed E-state index contributed by atoms with van der Waals surface area (Å²) in [6, 6.07) is 3.95. The molecule has 2 unspecified atom stereocenters. The van der Waals surface area contributed by atoms with Crippen molar-refractivity contribution in [2.24, 2.45) is 5.16 Å². The van der Waals surface area contributed by atoms with Crippen LogP contribution in [0.4, 0.5) is 10.1 Å². The van der Waals surface area contributed by atoms with Gasteiger partial charge in [0.25, 0.3) is 0 Å². The molecule has 26 heavy (non-hydrogen) atoms. The predicted molar refractivity (Wildman–Crippen MR) is 99.3 cm³/mol. The van der Waals surface area contributed by atoms with Crippen molar-refractivity contribution in [3.8, 4) is 0 Å². The lowest BCUT2D eigenvalue weighted by atomic mass is 10.2. The third kappa shape index (κ3) is 5.17. The van der Waals surface area contributed by atoms with E-state index in [1.54, 1.807) is 26.2 Å². The molecule has 1 aromatic carbocycles. The minimum Gasteiger partial charge on any atom is -0.367 e. The second-order valence-electron chi connectivity index (χ2n) is 5.41. The number of nitrogens with zero attached hydrogens (tertiary/aromatic N) is 2. The largest absolute Gasteiger partial charge is 0.367 e. The lowest BCUT2D eigenvalue weighted by Crippen LogP contribution is -2.56. The van der Waals surface area contributed by atoms with Crippen molar-refractivity contribution in [1.29, 1.82) is 5.41 Å². The molecule has 12 heteroatoms. The van der Waals surface area contributed by atoms with Crippen LogP contribution in [0.2, 0.25) is 0 Å². The highest BCUT2D eigenvalue weighted by atomic mass is 79.9. The van der Waals surface area contributed by atoms with Gasteiger partial charge < -0.3 is 26.5 Å². The van der Waals surface area contributed by atoms with Crippen LogP contribution in [0.3, 0.4) is 0 Å². The zero-order valence-corrected chi connectivity index (χ0v) is 15.9. The molecule has 0 fully saturated rings. The zero-order valence-electron chi connectivity index (χ0n) is 14.3. The molecule has 1 aromatic rings. The number of oxime groups is 1. The summed E-state index contributed by atoms with van der Waals surface area (Å²) in [5.74, 6) is 0.322. The summed E-state index contributed by atoms with van der Waals surface area (Å²) in [5, 5.41) is 34.1. The van der Waals surface area contributed by atoms with E-state index in [-0.39, 0.29) is 11.8 Å². The summed E-state index contributed by atoms with van der Waals surface area (Å²) in [6.45, 7) is 0.974. The molecule has 0 amide bonds. The molecule has 0 saturated heterocycles. The molecular weight excluding hydrogens is 411 g/mol. The average Bonchev–Trinajstić information content (AvgIpc) is 3.00. The first kappa shape index (κ1) is 20.2. The lowest BCUT2D eigenvalue weighted by molar-refractivity contribution is -0.140. The van der Waals surface area contributed by atoms with Crippen molar-refractivity contribution in [2.45, 2.75) is 12.2 Å². The Bertz CT molecular complexity index is 662. The van der Waals surface area contributed by atoms with Crippen molar-refractivity contribution in [3.05, 3.63) is 28.5 Å². The van der Waals surface area contributed by atoms with Gasteiger partial charge in [-0.2, -0.15) is 5.48 Å². The summed E-state index contributed by atoms with van der Waals surface area (Å²) >= 11 is 3.13. The smallest absolute Gasteiger partial charge is 0.188 e. The van der Waals surface area contributed by atoms with Crippen LogP contribution in [-0.2, 0) is 4.94 Å². The van der Waals surface area contributed by atoms with Crippen LogP contribution >= 0.6 is 15.9 Å². The molecule has 0 radical (unpaired) electrons. The SMILES string of the molecule is CNC(=N)NCCNC1=NON(C)C1C(NO)Nc1ccc(F)c(Br)c1. The Labute approximate surface area is 158 Å². The van der Waals surface area contributed by atoms with Crippen LogP contribution < -0.4 is 26.7 Å². The highest BCUT2D eigenvalue weighted by Crippen LogP contribution is 2.22. The molecular formula is C14H22BrFN8O2. The van der Waals surface area contributed by atoms with Gasteiger partial charge >= 0.3 is 0 Å². The van der Waals surface area contributed by atoms with Crippen LogP contribution in [0.1, 0.15) is 0 Å². The van der Waals surface area contributed by atoms with Crippen molar-refractivity contribution >= 4 is 33.4 Å². The van der Waals surface area contributed by atoms with E-state index in [4.69, 9.17) is 10.3 Å². The summed E-state index contributed by atoms with van der Waals surface area (Å²) < 4.78 is 13.7. The maximum absolute atomic E-state index is 13.4. The number of halogens is 2. The van der Waals surface area contributed by atoms with Crippen molar-refractivity contribution in [3.63, 3.8) is 0 Å². The van der Waals surface area contributed by atoms with Gasteiger partial charge in [0.15, 0.2) is 11.8 Å². The fourth-order valence-corrected chi connectivity index (χ4v) is 2.68. The molecule has 0 bridgehead atoms. The van der Waals surface area contributed by atoms with E-state index in [2.05, 4.69) is 47.8 Å². The third-order valence-electron chi connectivity index (χ3n) is 3.62. The highest BCUT2D eigenvalue weighted by molar-refractivity contribution is 9.10. The normalized spacial score (nSPS) is 17.9. The maximum Gasteiger partial charge on any atom is 0.188 e. The second-order valence-corrected chi connectivity index (χ2v) is 6.26. The number of hydroxylamine groups is 3. The number of rotatable bonds is 7. The summed E-state index contributed by atoms with van der Waals surface area (Å²) in [4.78, 5) is 5.16. The Morgan fingerprint density at radius 2 is 2.27 bits per heavy atom. The molecule has 0 aromatic heterocycles. The average molecular weight is 433 g/mol. The van der Waals surface area contributed by atoms with Gasteiger partial charge in [-0.25, -0.2) is 4.39 Å². The first-order chi connectivity index (χ1) is 12.5. The number of amidine groups is 1. The predicted octanol–water partition coefficient (Wildman–Crippen LogP) is 0.197. The Morgan fingerprint density at radius 3 is 2.92 bits per heavy atom. The molecule has 1 heterocycles. The van der Waals surface area contributed by atoms with Gasteiger partial charge in [-0.1, -0.05) is 0 Å². The zero-order chi connectivity index (χ0) is 19.1. The van der Waals surface area contributed by atoms with E-state index in [1.165, 1.54) is 11.1 Å². The number of hydrogen-bond acceptors (Lipinski definition) is 8. The Morgan fingerprint density at radius 1 is 1.50 bits per heavy atom. The van der Waals surface area contributed by atoms with Gasteiger partial charge in [-0.15, -0.1) is 5.06 Å². The molecule has 10 nitrogen and oxygen atoms in total.